The zero-order valence-corrected chi connectivity index (χ0v) is 18.0. The molecule has 10 heteroatoms. The van der Waals surface area contributed by atoms with Gasteiger partial charge in [-0.2, -0.15) is 9.61 Å². The SMILES string of the molecule is Cc1nn2c(-c3ccc(Cl)cc3Cl)c(C)oc2c1-n1nc(N2CCNC2=O)cc1C. The number of urea groups is 1. The van der Waals surface area contributed by atoms with E-state index in [2.05, 4.69) is 10.4 Å². The van der Waals surface area contributed by atoms with Crippen LogP contribution in [0.1, 0.15) is 17.1 Å². The molecule has 3 aromatic heterocycles. The maximum atomic E-state index is 12.0. The summed E-state index contributed by atoms with van der Waals surface area (Å²) in [5, 5.41) is 13.2. The number of amides is 2. The number of rotatable bonds is 3. The van der Waals surface area contributed by atoms with Crippen LogP contribution >= 0.6 is 23.2 Å². The number of nitrogens with zero attached hydrogens (tertiary/aromatic N) is 5. The van der Waals surface area contributed by atoms with Crippen LogP contribution in [-0.4, -0.2) is 38.5 Å². The van der Waals surface area contributed by atoms with Crippen molar-refractivity contribution >= 4 is 40.8 Å². The lowest BCUT2D eigenvalue weighted by Crippen LogP contribution is -2.28. The highest BCUT2D eigenvalue weighted by molar-refractivity contribution is 6.36. The third kappa shape index (κ3) is 2.79. The lowest BCUT2D eigenvalue weighted by Gasteiger charge is -2.09. The standard InChI is InChI=1S/C20H18Cl2N6O2/c1-10-8-16(26-7-6-23-20(26)29)25-27(10)17-11(2)24-28-18(12(3)30-19(17)28)14-5-4-13(21)9-15(14)22/h4-5,8-9H,6-7H2,1-3H3,(H,23,29). The molecule has 0 saturated carbocycles. The van der Waals surface area contributed by atoms with Crippen molar-refractivity contribution in [2.75, 3.05) is 18.0 Å². The maximum absolute atomic E-state index is 12.0. The highest BCUT2D eigenvalue weighted by Crippen LogP contribution is 2.36. The van der Waals surface area contributed by atoms with Crippen LogP contribution in [0.4, 0.5) is 10.6 Å². The lowest BCUT2D eigenvalue weighted by molar-refractivity contribution is 0.252. The number of halogens is 2. The van der Waals surface area contributed by atoms with Gasteiger partial charge >= 0.3 is 6.03 Å². The van der Waals surface area contributed by atoms with E-state index >= 15 is 0 Å². The molecular formula is C20H18Cl2N6O2. The highest BCUT2D eigenvalue weighted by atomic mass is 35.5. The van der Waals surface area contributed by atoms with Gasteiger partial charge in [0.2, 0.25) is 5.71 Å². The number of benzene rings is 1. The van der Waals surface area contributed by atoms with Gasteiger partial charge in [-0.15, -0.1) is 5.10 Å². The Morgan fingerprint density at radius 2 is 1.93 bits per heavy atom. The summed E-state index contributed by atoms with van der Waals surface area (Å²) in [6.45, 7) is 6.87. The molecule has 0 spiro atoms. The van der Waals surface area contributed by atoms with E-state index in [4.69, 9.17) is 32.7 Å². The smallest absolute Gasteiger partial charge is 0.323 e. The van der Waals surface area contributed by atoms with Crippen molar-refractivity contribution in [1.82, 2.24) is 24.7 Å². The number of carbonyl (C=O) groups is 1. The van der Waals surface area contributed by atoms with Gasteiger partial charge in [0.15, 0.2) is 11.5 Å². The summed E-state index contributed by atoms with van der Waals surface area (Å²) in [5.41, 5.74) is 4.40. The molecule has 1 aliphatic rings. The van der Waals surface area contributed by atoms with Crippen molar-refractivity contribution in [3.8, 4) is 16.9 Å². The van der Waals surface area contributed by atoms with Crippen molar-refractivity contribution in [3.63, 3.8) is 0 Å². The van der Waals surface area contributed by atoms with Crippen molar-refractivity contribution in [2.45, 2.75) is 20.8 Å². The molecule has 4 heterocycles. The summed E-state index contributed by atoms with van der Waals surface area (Å²) in [4.78, 5) is 13.6. The summed E-state index contributed by atoms with van der Waals surface area (Å²) < 4.78 is 9.60. The molecule has 8 nitrogen and oxygen atoms in total. The first-order chi connectivity index (χ1) is 14.3. The van der Waals surface area contributed by atoms with E-state index in [0.717, 1.165) is 28.3 Å². The van der Waals surface area contributed by atoms with E-state index in [9.17, 15) is 4.79 Å². The van der Waals surface area contributed by atoms with Gasteiger partial charge in [-0.1, -0.05) is 23.2 Å². The minimum atomic E-state index is -0.148. The fourth-order valence-corrected chi connectivity index (χ4v) is 4.32. The number of nitrogens with one attached hydrogen (secondary N) is 1. The Hall–Kier alpha value is -2.97. The van der Waals surface area contributed by atoms with Crippen molar-refractivity contribution in [2.24, 2.45) is 0 Å². The van der Waals surface area contributed by atoms with Gasteiger partial charge in [0, 0.05) is 35.4 Å². The van der Waals surface area contributed by atoms with E-state index < -0.39 is 0 Å². The normalized spacial score (nSPS) is 14.2. The summed E-state index contributed by atoms with van der Waals surface area (Å²) in [5.74, 6) is 1.26. The van der Waals surface area contributed by atoms with Crippen molar-refractivity contribution in [1.29, 1.82) is 0 Å². The molecule has 1 saturated heterocycles. The number of aromatic nitrogens is 4. The van der Waals surface area contributed by atoms with Crippen LogP contribution < -0.4 is 10.2 Å². The second kappa shape index (κ2) is 6.78. The minimum Gasteiger partial charge on any atom is -0.439 e. The van der Waals surface area contributed by atoms with Gasteiger partial charge in [-0.3, -0.25) is 4.90 Å². The predicted molar refractivity (Wildman–Crippen MR) is 115 cm³/mol. The molecule has 0 radical (unpaired) electrons. The predicted octanol–water partition coefficient (Wildman–Crippen LogP) is 4.54. The number of anilines is 1. The highest BCUT2D eigenvalue weighted by Gasteiger charge is 2.27. The molecule has 4 aromatic rings. The molecule has 1 aromatic carbocycles. The van der Waals surface area contributed by atoms with E-state index in [1.807, 2.05) is 32.9 Å². The second-order valence-corrected chi connectivity index (χ2v) is 8.06. The number of aryl methyl sites for hydroxylation is 3. The Balaban J connectivity index is 1.68. The van der Waals surface area contributed by atoms with Gasteiger partial charge in [0.25, 0.3) is 0 Å². The minimum absolute atomic E-state index is 0.148. The zero-order valence-electron chi connectivity index (χ0n) is 16.5. The van der Waals surface area contributed by atoms with Crippen LogP contribution in [0.2, 0.25) is 10.0 Å². The first kappa shape index (κ1) is 19.0. The van der Waals surface area contributed by atoms with Gasteiger partial charge in [-0.05, 0) is 39.0 Å². The number of hydrogen-bond donors (Lipinski definition) is 1. The van der Waals surface area contributed by atoms with Crippen LogP contribution in [0.25, 0.3) is 22.7 Å². The maximum Gasteiger partial charge on any atom is 0.323 e. The van der Waals surface area contributed by atoms with E-state index in [1.165, 1.54) is 0 Å². The number of hydrogen-bond acceptors (Lipinski definition) is 4. The molecule has 0 unspecified atom stereocenters. The largest absolute Gasteiger partial charge is 0.439 e. The summed E-state index contributed by atoms with van der Waals surface area (Å²) in [6, 6.07) is 7.05. The van der Waals surface area contributed by atoms with E-state index in [1.54, 1.807) is 26.2 Å². The fraction of sp³-hybridized carbons (Fsp3) is 0.250. The number of fused-ring (bicyclic) bond motifs is 1. The molecule has 1 fully saturated rings. The third-order valence-electron chi connectivity index (χ3n) is 5.19. The van der Waals surface area contributed by atoms with Gasteiger partial charge < -0.3 is 9.73 Å². The second-order valence-electron chi connectivity index (χ2n) is 7.22. The van der Waals surface area contributed by atoms with Crippen LogP contribution in [-0.2, 0) is 0 Å². The Morgan fingerprint density at radius 3 is 2.63 bits per heavy atom. The van der Waals surface area contributed by atoms with Gasteiger partial charge in [-0.25, -0.2) is 9.48 Å². The Kier molecular flexibility index (Phi) is 4.30. The van der Waals surface area contributed by atoms with Crippen molar-refractivity contribution in [3.05, 3.63) is 51.5 Å². The average Bonchev–Trinajstić information content (AvgIpc) is 3.40. The molecule has 2 amide bonds. The monoisotopic (exact) mass is 444 g/mol. The Bertz CT molecular complexity index is 1320. The first-order valence-corrected chi connectivity index (χ1v) is 10.2. The molecule has 1 N–H and O–H groups in total. The van der Waals surface area contributed by atoms with Crippen LogP contribution in [0, 0.1) is 20.8 Å². The molecule has 0 aliphatic carbocycles. The fourth-order valence-electron chi connectivity index (χ4n) is 3.82. The summed E-state index contributed by atoms with van der Waals surface area (Å²) >= 11 is 12.5. The third-order valence-corrected chi connectivity index (χ3v) is 5.74. The van der Waals surface area contributed by atoms with Gasteiger partial charge in [0.1, 0.15) is 11.5 Å². The number of carbonyl (C=O) groups excluding carboxylic acids is 1. The van der Waals surface area contributed by atoms with E-state index in [0.29, 0.717) is 40.4 Å². The Morgan fingerprint density at radius 1 is 1.13 bits per heavy atom. The van der Waals surface area contributed by atoms with Crippen molar-refractivity contribution < 1.29 is 9.21 Å². The van der Waals surface area contributed by atoms with Crippen LogP contribution in [0.5, 0.6) is 0 Å². The Labute approximate surface area is 182 Å². The topological polar surface area (TPSA) is 80.6 Å². The van der Waals surface area contributed by atoms with E-state index in [-0.39, 0.29) is 6.03 Å². The first-order valence-electron chi connectivity index (χ1n) is 9.41. The zero-order chi connectivity index (χ0) is 21.2. The van der Waals surface area contributed by atoms with Crippen LogP contribution in [0.3, 0.4) is 0 Å². The summed E-state index contributed by atoms with van der Waals surface area (Å²) in [7, 11) is 0. The molecule has 0 atom stereocenters. The molecule has 30 heavy (non-hydrogen) atoms. The molecule has 1 aliphatic heterocycles. The molecule has 154 valence electrons. The quantitative estimate of drug-likeness (QED) is 0.502. The summed E-state index contributed by atoms with van der Waals surface area (Å²) in [6.07, 6.45) is 0. The molecule has 5 rings (SSSR count). The molecule has 0 bridgehead atoms. The van der Waals surface area contributed by atoms with Crippen LogP contribution in [0.15, 0.2) is 28.7 Å². The van der Waals surface area contributed by atoms with Gasteiger partial charge in [0.05, 0.1) is 10.7 Å². The lowest BCUT2D eigenvalue weighted by atomic mass is 10.1. The number of oxazole rings is 1. The average molecular weight is 445 g/mol. The molecular weight excluding hydrogens is 427 g/mol.